The van der Waals surface area contributed by atoms with Gasteiger partial charge in [0.05, 0.1) is 5.75 Å². The molecular formula is C16H16FNOS. The fourth-order valence-electron chi connectivity index (χ4n) is 1.65. The van der Waals surface area contributed by atoms with E-state index in [-0.39, 0.29) is 11.7 Å². The van der Waals surface area contributed by atoms with Crippen LogP contribution in [0.4, 0.5) is 10.1 Å². The molecule has 0 spiro atoms. The SMILES string of the molecule is Cc1ccc(SCC(=O)Nc2ccc(C)c(F)c2)cc1. The molecule has 1 N–H and O–H groups in total. The number of benzene rings is 2. The number of carbonyl (C=O) groups is 1. The maximum absolute atomic E-state index is 13.4. The number of aryl methyl sites for hydroxylation is 2. The van der Waals surface area contributed by atoms with E-state index in [0.717, 1.165) is 4.90 Å². The normalized spacial score (nSPS) is 10.3. The molecule has 104 valence electrons. The van der Waals surface area contributed by atoms with Crippen LogP contribution in [0, 0.1) is 19.7 Å². The third kappa shape index (κ3) is 4.10. The van der Waals surface area contributed by atoms with Gasteiger partial charge in [-0.25, -0.2) is 4.39 Å². The largest absolute Gasteiger partial charge is 0.325 e. The minimum Gasteiger partial charge on any atom is -0.325 e. The van der Waals surface area contributed by atoms with E-state index in [9.17, 15) is 9.18 Å². The third-order valence-electron chi connectivity index (χ3n) is 2.85. The lowest BCUT2D eigenvalue weighted by Crippen LogP contribution is -2.14. The quantitative estimate of drug-likeness (QED) is 0.856. The molecule has 0 radical (unpaired) electrons. The lowest BCUT2D eigenvalue weighted by Gasteiger charge is -2.06. The number of thioether (sulfide) groups is 1. The fraction of sp³-hybridized carbons (Fsp3) is 0.188. The topological polar surface area (TPSA) is 29.1 Å². The van der Waals surface area contributed by atoms with E-state index >= 15 is 0 Å². The van der Waals surface area contributed by atoms with Gasteiger partial charge in [0.1, 0.15) is 5.82 Å². The molecule has 20 heavy (non-hydrogen) atoms. The Hall–Kier alpha value is -1.81. The smallest absolute Gasteiger partial charge is 0.234 e. The van der Waals surface area contributed by atoms with Crippen LogP contribution in [-0.4, -0.2) is 11.7 Å². The van der Waals surface area contributed by atoms with E-state index in [0.29, 0.717) is 17.0 Å². The summed E-state index contributed by atoms with van der Waals surface area (Å²) in [5.74, 6) is -0.147. The number of amides is 1. The molecule has 2 nitrogen and oxygen atoms in total. The monoisotopic (exact) mass is 289 g/mol. The highest BCUT2D eigenvalue weighted by atomic mass is 32.2. The Morgan fingerprint density at radius 2 is 1.85 bits per heavy atom. The lowest BCUT2D eigenvalue weighted by atomic mass is 10.2. The molecule has 2 aromatic rings. The Kier molecular flexibility index (Phi) is 4.79. The molecule has 2 rings (SSSR count). The lowest BCUT2D eigenvalue weighted by molar-refractivity contribution is -0.113. The molecule has 0 saturated carbocycles. The van der Waals surface area contributed by atoms with Crippen LogP contribution in [0.25, 0.3) is 0 Å². The second kappa shape index (κ2) is 6.57. The van der Waals surface area contributed by atoms with Crippen molar-refractivity contribution in [1.29, 1.82) is 0 Å². The molecular weight excluding hydrogens is 273 g/mol. The van der Waals surface area contributed by atoms with E-state index < -0.39 is 0 Å². The van der Waals surface area contributed by atoms with Gasteiger partial charge in [-0.05, 0) is 43.7 Å². The van der Waals surface area contributed by atoms with Crippen molar-refractivity contribution < 1.29 is 9.18 Å². The fourth-order valence-corrected chi connectivity index (χ4v) is 2.35. The maximum atomic E-state index is 13.4. The summed E-state index contributed by atoms with van der Waals surface area (Å²) in [6, 6.07) is 12.7. The molecule has 4 heteroatoms. The van der Waals surface area contributed by atoms with Gasteiger partial charge >= 0.3 is 0 Å². The second-order valence-electron chi connectivity index (χ2n) is 4.61. The van der Waals surface area contributed by atoms with Gasteiger partial charge in [-0.1, -0.05) is 23.8 Å². The van der Waals surface area contributed by atoms with Crippen LogP contribution in [0.1, 0.15) is 11.1 Å². The first-order valence-corrected chi connectivity index (χ1v) is 7.28. The first kappa shape index (κ1) is 14.6. The summed E-state index contributed by atoms with van der Waals surface area (Å²) in [6.45, 7) is 3.71. The van der Waals surface area contributed by atoms with Gasteiger partial charge in [-0.2, -0.15) is 0 Å². The van der Waals surface area contributed by atoms with Crippen molar-refractivity contribution in [1.82, 2.24) is 0 Å². The van der Waals surface area contributed by atoms with Crippen LogP contribution < -0.4 is 5.32 Å². The minimum atomic E-state index is -0.311. The molecule has 0 heterocycles. The Bertz CT molecular complexity index is 610. The number of carbonyl (C=O) groups excluding carboxylic acids is 1. The third-order valence-corrected chi connectivity index (χ3v) is 3.86. The van der Waals surface area contributed by atoms with Gasteiger partial charge in [-0.15, -0.1) is 11.8 Å². The Morgan fingerprint density at radius 1 is 1.15 bits per heavy atom. The summed E-state index contributed by atoms with van der Waals surface area (Å²) in [4.78, 5) is 12.8. The number of hydrogen-bond donors (Lipinski definition) is 1. The Morgan fingerprint density at radius 3 is 2.50 bits per heavy atom. The highest BCUT2D eigenvalue weighted by molar-refractivity contribution is 8.00. The highest BCUT2D eigenvalue weighted by Gasteiger charge is 2.05. The molecule has 0 aliphatic rings. The first-order valence-electron chi connectivity index (χ1n) is 6.30. The summed E-state index contributed by atoms with van der Waals surface area (Å²) in [5, 5.41) is 2.69. The first-order chi connectivity index (χ1) is 9.54. The van der Waals surface area contributed by atoms with Crippen molar-refractivity contribution in [3.05, 3.63) is 59.4 Å². The van der Waals surface area contributed by atoms with Crippen LogP contribution in [0.15, 0.2) is 47.4 Å². The minimum absolute atomic E-state index is 0.140. The number of rotatable bonds is 4. The summed E-state index contributed by atoms with van der Waals surface area (Å²) in [5.41, 5.74) is 2.24. The Balaban J connectivity index is 1.89. The summed E-state index contributed by atoms with van der Waals surface area (Å²) < 4.78 is 13.4. The van der Waals surface area contributed by atoms with Gasteiger partial charge in [0.25, 0.3) is 0 Å². The standard InChI is InChI=1S/C16H16FNOS/c1-11-3-7-14(8-4-11)20-10-16(19)18-13-6-5-12(2)15(17)9-13/h3-9H,10H2,1-2H3,(H,18,19). The van der Waals surface area contributed by atoms with Crippen LogP contribution in [0.3, 0.4) is 0 Å². The number of nitrogens with one attached hydrogen (secondary N) is 1. The zero-order valence-electron chi connectivity index (χ0n) is 11.4. The van der Waals surface area contributed by atoms with Crippen LogP contribution in [0.2, 0.25) is 0 Å². The van der Waals surface area contributed by atoms with Gasteiger partial charge in [0.2, 0.25) is 5.91 Å². The molecule has 0 atom stereocenters. The van der Waals surface area contributed by atoms with Crippen LogP contribution in [0.5, 0.6) is 0 Å². The molecule has 0 bridgehead atoms. The molecule has 2 aromatic carbocycles. The van der Waals surface area contributed by atoms with Gasteiger partial charge in [-0.3, -0.25) is 4.79 Å². The van der Waals surface area contributed by atoms with Crippen LogP contribution >= 0.6 is 11.8 Å². The van der Waals surface area contributed by atoms with E-state index in [1.165, 1.54) is 23.4 Å². The van der Waals surface area contributed by atoms with Crippen molar-refractivity contribution in [3.8, 4) is 0 Å². The van der Waals surface area contributed by atoms with E-state index in [2.05, 4.69) is 5.32 Å². The molecule has 0 aromatic heterocycles. The molecule has 1 amide bonds. The van der Waals surface area contributed by atoms with Crippen molar-refractivity contribution in [2.75, 3.05) is 11.1 Å². The predicted molar refractivity (Wildman–Crippen MR) is 81.7 cm³/mol. The molecule has 0 aliphatic carbocycles. The van der Waals surface area contributed by atoms with Crippen LogP contribution in [-0.2, 0) is 4.79 Å². The Labute approximate surface area is 122 Å². The average molecular weight is 289 g/mol. The van der Waals surface area contributed by atoms with Crippen molar-refractivity contribution in [2.24, 2.45) is 0 Å². The van der Waals surface area contributed by atoms with Crippen molar-refractivity contribution >= 4 is 23.4 Å². The zero-order valence-corrected chi connectivity index (χ0v) is 12.3. The van der Waals surface area contributed by atoms with Crippen molar-refractivity contribution in [3.63, 3.8) is 0 Å². The van der Waals surface area contributed by atoms with Gasteiger partial charge < -0.3 is 5.32 Å². The molecule has 0 fully saturated rings. The summed E-state index contributed by atoms with van der Waals surface area (Å²) in [7, 11) is 0. The van der Waals surface area contributed by atoms with Crippen molar-refractivity contribution in [2.45, 2.75) is 18.7 Å². The average Bonchev–Trinajstić information content (AvgIpc) is 2.42. The van der Waals surface area contributed by atoms with Gasteiger partial charge in [0, 0.05) is 10.6 Å². The molecule has 0 unspecified atom stereocenters. The van der Waals surface area contributed by atoms with E-state index in [1.807, 2.05) is 31.2 Å². The van der Waals surface area contributed by atoms with Gasteiger partial charge in [0.15, 0.2) is 0 Å². The zero-order chi connectivity index (χ0) is 14.5. The number of hydrogen-bond acceptors (Lipinski definition) is 2. The van der Waals surface area contributed by atoms with E-state index in [4.69, 9.17) is 0 Å². The summed E-state index contributed by atoms with van der Waals surface area (Å²) in [6.07, 6.45) is 0. The summed E-state index contributed by atoms with van der Waals surface area (Å²) >= 11 is 1.46. The predicted octanol–water partition coefficient (Wildman–Crippen LogP) is 4.17. The maximum Gasteiger partial charge on any atom is 0.234 e. The highest BCUT2D eigenvalue weighted by Crippen LogP contribution is 2.19. The number of anilines is 1. The van der Waals surface area contributed by atoms with E-state index in [1.54, 1.807) is 19.1 Å². The number of halogens is 1. The second-order valence-corrected chi connectivity index (χ2v) is 5.66. The molecule has 0 saturated heterocycles. The molecule has 0 aliphatic heterocycles.